The van der Waals surface area contributed by atoms with Gasteiger partial charge in [-0.1, -0.05) is 18.0 Å². The van der Waals surface area contributed by atoms with Gasteiger partial charge in [0, 0.05) is 30.3 Å². The van der Waals surface area contributed by atoms with E-state index in [4.69, 9.17) is 4.52 Å². The predicted molar refractivity (Wildman–Crippen MR) is 90.2 cm³/mol. The van der Waals surface area contributed by atoms with Gasteiger partial charge in [0.2, 0.25) is 5.91 Å². The molecule has 0 radical (unpaired) electrons. The molecule has 1 saturated heterocycles. The van der Waals surface area contributed by atoms with E-state index < -0.39 is 5.60 Å². The lowest BCUT2D eigenvalue weighted by molar-refractivity contribution is -0.140. The van der Waals surface area contributed by atoms with Crippen LogP contribution in [0, 0.1) is 19.8 Å². The third-order valence-electron chi connectivity index (χ3n) is 5.43. The van der Waals surface area contributed by atoms with Crippen molar-refractivity contribution in [2.75, 3.05) is 18.8 Å². The summed E-state index contributed by atoms with van der Waals surface area (Å²) in [5.74, 6) is 2.53. The lowest BCUT2D eigenvalue weighted by Crippen LogP contribution is -2.55. The van der Waals surface area contributed by atoms with Crippen LogP contribution in [0.5, 0.6) is 0 Å². The van der Waals surface area contributed by atoms with Crippen molar-refractivity contribution in [2.24, 2.45) is 5.92 Å². The van der Waals surface area contributed by atoms with E-state index in [-0.39, 0.29) is 11.8 Å². The van der Waals surface area contributed by atoms with E-state index in [1.54, 1.807) is 11.8 Å². The second kappa shape index (κ2) is 6.85. The summed E-state index contributed by atoms with van der Waals surface area (Å²) in [6.45, 7) is 5.26. The Balaban J connectivity index is 1.49. The Bertz CT molecular complexity index is 555. The molecule has 2 atom stereocenters. The smallest absolute Gasteiger partial charge is 0.232 e. The largest absolute Gasteiger partial charge is 0.389 e. The van der Waals surface area contributed by atoms with E-state index in [1.807, 2.05) is 18.7 Å². The summed E-state index contributed by atoms with van der Waals surface area (Å²) >= 11 is 1.62. The van der Waals surface area contributed by atoms with Crippen LogP contribution in [-0.4, -0.2) is 45.5 Å². The van der Waals surface area contributed by atoms with Crippen LogP contribution in [0.2, 0.25) is 0 Å². The lowest BCUT2D eigenvalue weighted by atomic mass is 9.71. The summed E-state index contributed by atoms with van der Waals surface area (Å²) in [6.07, 6.45) is 4.98. The van der Waals surface area contributed by atoms with Gasteiger partial charge >= 0.3 is 0 Å². The number of aryl methyl sites for hydroxylation is 2. The molecule has 3 rings (SSSR count). The first-order valence-corrected chi connectivity index (χ1v) is 9.65. The number of likely N-dealkylation sites (tertiary alicyclic amines) is 1. The molecular formula is C17H26N2O3S. The van der Waals surface area contributed by atoms with Crippen molar-refractivity contribution in [3.8, 4) is 0 Å². The molecule has 0 bridgehead atoms. The molecule has 2 fully saturated rings. The van der Waals surface area contributed by atoms with Gasteiger partial charge in [0.05, 0.1) is 17.0 Å². The van der Waals surface area contributed by atoms with Crippen molar-refractivity contribution in [2.45, 2.75) is 57.3 Å². The highest BCUT2D eigenvalue weighted by Gasteiger charge is 2.43. The van der Waals surface area contributed by atoms with E-state index in [9.17, 15) is 9.90 Å². The maximum atomic E-state index is 12.5. The van der Waals surface area contributed by atoms with Crippen LogP contribution < -0.4 is 0 Å². The zero-order valence-electron chi connectivity index (χ0n) is 14.0. The molecule has 1 N–H and O–H groups in total. The fourth-order valence-corrected chi connectivity index (χ4v) is 4.91. The van der Waals surface area contributed by atoms with Crippen molar-refractivity contribution in [1.29, 1.82) is 0 Å². The Morgan fingerprint density at radius 1 is 1.43 bits per heavy atom. The van der Waals surface area contributed by atoms with Gasteiger partial charge in [0.25, 0.3) is 0 Å². The van der Waals surface area contributed by atoms with Gasteiger partial charge in [-0.25, -0.2) is 0 Å². The highest BCUT2D eigenvalue weighted by Crippen LogP contribution is 2.39. The molecule has 1 aliphatic carbocycles. The molecule has 2 heterocycles. The number of carbonyl (C=O) groups is 1. The Labute approximate surface area is 141 Å². The van der Waals surface area contributed by atoms with Gasteiger partial charge in [-0.15, -0.1) is 11.8 Å². The Kier molecular flexibility index (Phi) is 5.01. The van der Waals surface area contributed by atoms with Crippen molar-refractivity contribution < 1.29 is 14.4 Å². The van der Waals surface area contributed by atoms with Gasteiger partial charge in [0.1, 0.15) is 5.76 Å². The Morgan fingerprint density at radius 3 is 3.00 bits per heavy atom. The second-order valence-corrected chi connectivity index (χ2v) is 7.92. The minimum atomic E-state index is -0.515. The van der Waals surface area contributed by atoms with Crippen molar-refractivity contribution in [3.05, 3.63) is 17.0 Å². The minimum Gasteiger partial charge on any atom is -0.389 e. The summed E-state index contributed by atoms with van der Waals surface area (Å²) in [4.78, 5) is 14.4. The number of rotatable bonds is 4. The Morgan fingerprint density at radius 2 is 2.26 bits per heavy atom. The van der Waals surface area contributed by atoms with Crippen molar-refractivity contribution >= 4 is 17.7 Å². The van der Waals surface area contributed by atoms with Crippen LogP contribution in [0.3, 0.4) is 0 Å². The first kappa shape index (κ1) is 16.8. The van der Waals surface area contributed by atoms with Crippen LogP contribution in [0.1, 0.15) is 49.1 Å². The van der Waals surface area contributed by atoms with Crippen LogP contribution >= 0.6 is 11.8 Å². The monoisotopic (exact) mass is 338 g/mol. The number of thioether (sulfide) groups is 1. The third-order valence-corrected chi connectivity index (χ3v) is 6.38. The first-order chi connectivity index (χ1) is 11.0. The van der Waals surface area contributed by atoms with Crippen LogP contribution in [-0.2, 0) is 10.5 Å². The number of fused-ring (bicyclic) bond motifs is 1. The van der Waals surface area contributed by atoms with Gasteiger partial charge in [-0.3, -0.25) is 4.79 Å². The zero-order valence-corrected chi connectivity index (χ0v) is 14.8. The molecule has 128 valence electrons. The highest BCUT2D eigenvalue weighted by atomic mass is 32.2. The summed E-state index contributed by atoms with van der Waals surface area (Å²) < 4.78 is 5.15. The Hall–Kier alpha value is -1.01. The number of hydrogen-bond donors (Lipinski definition) is 1. The van der Waals surface area contributed by atoms with E-state index >= 15 is 0 Å². The average Bonchev–Trinajstić information content (AvgIpc) is 2.85. The number of amides is 1. The maximum absolute atomic E-state index is 12.5. The molecule has 0 spiro atoms. The van der Waals surface area contributed by atoms with Gasteiger partial charge in [-0.05, 0) is 33.1 Å². The molecule has 0 aromatic carbocycles. The SMILES string of the molecule is Cc1noc(C)c1CSCC(=O)N1CC[C@]2(O)CCCC[C@H]2C1. The topological polar surface area (TPSA) is 66.6 Å². The number of nitrogens with zero attached hydrogens (tertiary/aromatic N) is 2. The highest BCUT2D eigenvalue weighted by molar-refractivity contribution is 7.99. The third kappa shape index (κ3) is 3.58. The lowest BCUT2D eigenvalue weighted by Gasteiger charge is -2.47. The number of hydrogen-bond acceptors (Lipinski definition) is 5. The van der Waals surface area contributed by atoms with Gasteiger partial charge in [-0.2, -0.15) is 0 Å². The fourth-order valence-electron chi connectivity index (χ4n) is 3.84. The van der Waals surface area contributed by atoms with E-state index in [0.717, 1.165) is 55.0 Å². The molecule has 1 saturated carbocycles. The number of aromatic nitrogens is 1. The molecule has 0 unspecified atom stereocenters. The van der Waals surface area contributed by atoms with Gasteiger partial charge < -0.3 is 14.5 Å². The molecule has 2 aliphatic rings. The summed E-state index contributed by atoms with van der Waals surface area (Å²) in [5, 5.41) is 14.6. The summed E-state index contributed by atoms with van der Waals surface area (Å²) in [7, 11) is 0. The van der Waals surface area contributed by atoms with Crippen LogP contribution in [0.15, 0.2) is 4.52 Å². The number of carbonyl (C=O) groups excluding carboxylic acids is 1. The van der Waals surface area contributed by atoms with Crippen LogP contribution in [0.25, 0.3) is 0 Å². The molecule has 1 aromatic heterocycles. The molecule has 5 nitrogen and oxygen atoms in total. The average molecular weight is 338 g/mol. The number of aliphatic hydroxyl groups is 1. The standard InChI is InChI=1S/C17H26N2O3S/c1-12-15(13(2)22-18-12)10-23-11-16(20)19-8-7-17(21)6-4-3-5-14(17)9-19/h14,21H,3-11H2,1-2H3/t14-,17+/m0/s1. The van der Waals surface area contributed by atoms with E-state index in [1.165, 1.54) is 6.42 Å². The van der Waals surface area contributed by atoms with Crippen molar-refractivity contribution in [1.82, 2.24) is 10.1 Å². The molecule has 23 heavy (non-hydrogen) atoms. The normalized spacial score (nSPS) is 27.8. The quantitative estimate of drug-likeness (QED) is 0.914. The van der Waals surface area contributed by atoms with Crippen LogP contribution in [0.4, 0.5) is 0 Å². The molecule has 1 aromatic rings. The predicted octanol–water partition coefficient (Wildman–Crippen LogP) is 2.68. The molecule has 1 amide bonds. The minimum absolute atomic E-state index is 0.189. The summed E-state index contributed by atoms with van der Waals surface area (Å²) in [6, 6.07) is 0. The van der Waals surface area contributed by atoms with E-state index in [0.29, 0.717) is 12.3 Å². The molecule has 6 heteroatoms. The van der Waals surface area contributed by atoms with Crippen molar-refractivity contribution in [3.63, 3.8) is 0 Å². The molecule has 1 aliphatic heterocycles. The maximum Gasteiger partial charge on any atom is 0.232 e. The van der Waals surface area contributed by atoms with Gasteiger partial charge in [0.15, 0.2) is 0 Å². The first-order valence-electron chi connectivity index (χ1n) is 8.49. The zero-order chi connectivity index (χ0) is 16.4. The van der Waals surface area contributed by atoms with E-state index in [2.05, 4.69) is 5.16 Å². The molecular weight excluding hydrogens is 312 g/mol. The number of piperidine rings is 1. The fraction of sp³-hybridized carbons (Fsp3) is 0.765. The summed E-state index contributed by atoms with van der Waals surface area (Å²) in [5.41, 5.74) is 1.49. The second-order valence-electron chi connectivity index (χ2n) is 6.93.